The van der Waals surface area contributed by atoms with Crippen LogP contribution in [0.25, 0.3) is 10.7 Å². The first-order chi connectivity index (χ1) is 9.28. The van der Waals surface area contributed by atoms with E-state index in [1.807, 2.05) is 6.07 Å². The van der Waals surface area contributed by atoms with Crippen molar-refractivity contribution in [1.29, 1.82) is 5.26 Å². The second-order valence-corrected chi connectivity index (χ2v) is 4.61. The maximum absolute atomic E-state index is 9.00. The van der Waals surface area contributed by atoms with Crippen LogP contribution in [0.4, 0.5) is 0 Å². The summed E-state index contributed by atoms with van der Waals surface area (Å²) in [5.74, 6) is 1.35. The van der Waals surface area contributed by atoms with Gasteiger partial charge in [0, 0.05) is 6.20 Å². The van der Waals surface area contributed by atoms with Crippen molar-refractivity contribution in [2.45, 2.75) is 13.3 Å². The van der Waals surface area contributed by atoms with Crippen LogP contribution in [0.2, 0.25) is 0 Å². The molecule has 0 atom stereocenters. The molecule has 8 heteroatoms. The fraction of sp³-hybridized carbons (Fsp3) is 0.182. The summed E-state index contributed by atoms with van der Waals surface area (Å²) < 4.78 is 10.1. The van der Waals surface area contributed by atoms with Crippen LogP contribution in [0.3, 0.4) is 0 Å². The van der Waals surface area contributed by atoms with Gasteiger partial charge in [-0.3, -0.25) is 4.98 Å². The first kappa shape index (κ1) is 11.6. The zero-order chi connectivity index (χ0) is 13.2. The van der Waals surface area contributed by atoms with E-state index < -0.39 is 0 Å². The van der Waals surface area contributed by atoms with Crippen molar-refractivity contribution in [3.63, 3.8) is 0 Å². The van der Waals surface area contributed by atoms with Crippen LogP contribution in [-0.4, -0.2) is 20.3 Å². The second kappa shape index (κ2) is 4.62. The van der Waals surface area contributed by atoms with Gasteiger partial charge >= 0.3 is 0 Å². The van der Waals surface area contributed by atoms with Crippen LogP contribution in [0, 0.1) is 18.3 Å². The number of hydrogen-bond donors (Lipinski definition) is 0. The van der Waals surface area contributed by atoms with Gasteiger partial charge in [-0.25, -0.2) is 0 Å². The highest BCUT2D eigenvalue weighted by atomic mass is 32.1. The number of aryl methyl sites for hydroxylation is 1. The van der Waals surface area contributed by atoms with Crippen molar-refractivity contribution in [2.75, 3.05) is 0 Å². The van der Waals surface area contributed by atoms with Crippen molar-refractivity contribution in [3.05, 3.63) is 34.6 Å². The molecule has 0 spiro atoms. The van der Waals surface area contributed by atoms with E-state index in [-0.39, 0.29) is 6.42 Å². The maximum Gasteiger partial charge on any atom is 0.233 e. The molecule has 3 heterocycles. The summed E-state index contributed by atoms with van der Waals surface area (Å²) in [5.41, 5.74) is 2.61. The average molecular weight is 273 g/mol. The van der Waals surface area contributed by atoms with Gasteiger partial charge in [0.2, 0.25) is 11.7 Å². The summed E-state index contributed by atoms with van der Waals surface area (Å²) in [5, 5.41) is 16.7. The van der Waals surface area contributed by atoms with E-state index in [1.54, 1.807) is 18.6 Å². The molecule has 0 saturated heterocycles. The first-order valence-electron chi connectivity index (χ1n) is 5.34. The van der Waals surface area contributed by atoms with Crippen molar-refractivity contribution in [2.24, 2.45) is 0 Å². The molecule has 19 heavy (non-hydrogen) atoms. The molecule has 3 aromatic rings. The zero-order valence-electron chi connectivity index (χ0n) is 9.82. The Morgan fingerprint density at radius 2 is 2.26 bits per heavy atom. The van der Waals surface area contributed by atoms with Crippen LogP contribution in [0.5, 0.6) is 0 Å². The third-order valence-corrected chi connectivity index (χ3v) is 3.25. The van der Waals surface area contributed by atoms with Gasteiger partial charge in [-0.15, -0.1) is 11.3 Å². The van der Waals surface area contributed by atoms with Crippen LogP contribution in [-0.2, 0) is 6.42 Å². The van der Waals surface area contributed by atoms with Gasteiger partial charge in [0.25, 0.3) is 0 Å². The Morgan fingerprint density at radius 1 is 1.37 bits per heavy atom. The van der Waals surface area contributed by atoms with Crippen LogP contribution >= 0.6 is 11.3 Å². The summed E-state index contributed by atoms with van der Waals surface area (Å²) in [6.45, 7) is 1.69. The van der Waals surface area contributed by atoms with Crippen molar-refractivity contribution in [1.82, 2.24) is 20.3 Å². The molecular weight excluding hydrogens is 266 g/mol. The number of aromatic nitrogens is 4. The Morgan fingerprint density at radius 3 is 3.00 bits per heavy atom. The van der Waals surface area contributed by atoms with Gasteiger partial charge in [0.1, 0.15) is 17.3 Å². The van der Waals surface area contributed by atoms with E-state index in [2.05, 4.69) is 20.3 Å². The summed E-state index contributed by atoms with van der Waals surface area (Å²) >= 11 is 1.42. The Labute approximate surface area is 111 Å². The van der Waals surface area contributed by atoms with Crippen LogP contribution in [0.1, 0.15) is 22.9 Å². The fourth-order valence-electron chi connectivity index (χ4n) is 1.58. The monoisotopic (exact) mass is 273 g/mol. The predicted octanol–water partition coefficient (Wildman–Crippen LogP) is 1.95. The second-order valence-electron chi connectivity index (χ2n) is 3.73. The van der Waals surface area contributed by atoms with Gasteiger partial charge in [0.05, 0.1) is 16.8 Å². The van der Waals surface area contributed by atoms with E-state index in [4.69, 9.17) is 14.3 Å². The van der Waals surface area contributed by atoms with E-state index >= 15 is 0 Å². The SMILES string of the molecule is Cc1onc(Cc2nc(-c3cncs3)no2)c1C#N. The molecule has 3 aromatic heterocycles. The topological polar surface area (TPSA) is 102 Å². The lowest BCUT2D eigenvalue weighted by Crippen LogP contribution is -1.92. The molecular formula is C11H7N5O2S. The molecule has 7 nitrogen and oxygen atoms in total. The molecule has 3 rings (SSSR count). The van der Waals surface area contributed by atoms with E-state index in [9.17, 15) is 0 Å². The third-order valence-electron chi connectivity index (χ3n) is 2.48. The molecule has 0 aromatic carbocycles. The molecule has 0 aliphatic rings. The molecule has 94 valence electrons. The van der Waals surface area contributed by atoms with Gasteiger partial charge in [-0.2, -0.15) is 10.2 Å². The highest BCUT2D eigenvalue weighted by molar-refractivity contribution is 7.13. The van der Waals surface area contributed by atoms with E-state index in [0.29, 0.717) is 28.7 Å². The summed E-state index contributed by atoms with van der Waals surface area (Å²) in [4.78, 5) is 9.01. The summed E-state index contributed by atoms with van der Waals surface area (Å²) in [6.07, 6.45) is 1.94. The Kier molecular flexibility index (Phi) is 2.81. The smallest absolute Gasteiger partial charge is 0.233 e. The quantitative estimate of drug-likeness (QED) is 0.718. The van der Waals surface area contributed by atoms with Crippen molar-refractivity contribution in [3.8, 4) is 16.8 Å². The van der Waals surface area contributed by atoms with E-state index in [1.165, 1.54) is 11.3 Å². The molecule has 0 bridgehead atoms. The van der Waals surface area contributed by atoms with Gasteiger partial charge < -0.3 is 9.05 Å². The van der Waals surface area contributed by atoms with Crippen molar-refractivity contribution >= 4 is 11.3 Å². The molecule has 0 aliphatic heterocycles. The Bertz CT molecular complexity index is 738. The fourth-order valence-corrected chi connectivity index (χ4v) is 2.12. The molecule has 0 saturated carbocycles. The van der Waals surface area contributed by atoms with Gasteiger partial charge in [0.15, 0.2) is 5.76 Å². The Hall–Kier alpha value is -2.53. The highest BCUT2D eigenvalue weighted by Crippen LogP contribution is 2.21. The molecule has 0 amide bonds. The largest absolute Gasteiger partial charge is 0.360 e. The molecule has 0 radical (unpaired) electrons. The van der Waals surface area contributed by atoms with Gasteiger partial charge in [-0.1, -0.05) is 10.3 Å². The minimum atomic E-state index is 0.270. The molecule has 0 fully saturated rings. The normalized spacial score (nSPS) is 10.5. The number of hydrogen-bond acceptors (Lipinski definition) is 8. The maximum atomic E-state index is 9.00. The van der Waals surface area contributed by atoms with E-state index in [0.717, 1.165) is 4.88 Å². The van der Waals surface area contributed by atoms with Crippen LogP contribution in [0.15, 0.2) is 20.8 Å². The average Bonchev–Trinajstić information content (AvgIpc) is 3.11. The number of nitriles is 1. The Balaban J connectivity index is 1.87. The number of rotatable bonds is 3. The minimum Gasteiger partial charge on any atom is -0.360 e. The van der Waals surface area contributed by atoms with Crippen molar-refractivity contribution < 1.29 is 9.05 Å². The summed E-state index contributed by atoms with van der Waals surface area (Å²) in [7, 11) is 0. The highest BCUT2D eigenvalue weighted by Gasteiger charge is 2.17. The molecule has 0 N–H and O–H groups in total. The first-order valence-corrected chi connectivity index (χ1v) is 6.22. The number of nitrogens with zero attached hydrogens (tertiary/aromatic N) is 5. The molecule has 0 aliphatic carbocycles. The summed E-state index contributed by atoms with van der Waals surface area (Å²) in [6, 6.07) is 2.04. The minimum absolute atomic E-state index is 0.270. The lowest BCUT2D eigenvalue weighted by atomic mass is 10.2. The van der Waals surface area contributed by atoms with Crippen LogP contribution < -0.4 is 0 Å². The standard InChI is InChI=1S/C11H7N5O2S/c1-6-7(3-12)8(15-17-6)2-10-14-11(16-18-10)9-4-13-5-19-9/h4-5H,2H2,1H3. The molecule has 0 unspecified atom stereocenters. The van der Waals surface area contributed by atoms with Gasteiger partial charge in [-0.05, 0) is 6.92 Å². The zero-order valence-corrected chi connectivity index (χ0v) is 10.6. The lowest BCUT2D eigenvalue weighted by Gasteiger charge is -1.88. The predicted molar refractivity (Wildman–Crippen MR) is 64.2 cm³/mol. The third kappa shape index (κ3) is 2.11. The number of thiazole rings is 1. The lowest BCUT2D eigenvalue weighted by molar-refractivity contribution is 0.371.